The first-order valence-electron chi connectivity index (χ1n) is 11.4. The van der Waals surface area contributed by atoms with Gasteiger partial charge in [-0.15, -0.1) is 0 Å². The van der Waals surface area contributed by atoms with Crippen molar-refractivity contribution in [2.75, 3.05) is 0 Å². The van der Waals surface area contributed by atoms with Crippen molar-refractivity contribution >= 4 is 25.6 Å². The van der Waals surface area contributed by atoms with E-state index in [1.54, 1.807) is 6.54 Å². The summed E-state index contributed by atoms with van der Waals surface area (Å²) in [5.74, 6) is 0. The van der Waals surface area contributed by atoms with Gasteiger partial charge in [-0.25, -0.2) is 0 Å². The number of allylic oxidation sites excluding steroid dienone is 2. The first-order valence-corrected chi connectivity index (χ1v) is 22.6. The molecule has 4 aromatic rings. The van der Waals surface area contributed by atoms with Crippen LogP contribution in [0.2, 0.25) is 0 Å². The fraction of sp³-hybridized carbons (Fsp3) is 0.0667. The van der Waals surface area contributed by atoms with Crippen LogP contribution in [-0.2, 0) is 17.4 Å². The first-order chi connectivity index (χ1) is 15.7. The molecular weight excluding hydrogens is 480 g/mol. The number of rotatable bonds is 4. The Bertz CT molecular complexity index is 1320. The quantitative estimate of drug-likeness (QED) is 0.325. The van der Waals surface area contributed by atoms with E-state index in [-0.39, 0.29) is 0 Å². The van der Waals surface area contributed by atoms with Crippen LogP contribution in [0.5, 0.6) is 0 Å². The van der Waals surface area contributed by atoms with Crippen LogP contribution in [0.3, 0.4) is 0 Å². The van der Waals surface area contributed by atoms with Gasteiger partial charge >= 0.3 is 194 Å². The van der Waals surface area contributed by atoms with Gasteiger partial charge in [0, 0.05) is 0 Å². The average Bonchev–Trinajstić information content (AvgIpc) is 3.50. The van der Waals surface area contributed by atoms with E-state index in [1.807, 2.05) is 0 Å². The molecule has 0 amide bonds. The zero-order valence-electron chi connectivity index (χ0n) is 18.1. The summed E-state index contributed by atoms with van der Waals surface area (Å²) in [7, 11) is 0. The Kier molecular flexibility index (Phi) is 4.72. The molecule has 4 aromatic carbocycles. The third-order valence-electron chi connectivity index (χ3n) is 7.93. The molecule has 0 bridgehead atoms. The second-order valence-corrected chi connectivity index (χ2v) is 32.2. The van der Waals surface area contributed by atoms with Crippen molar-refractivity contribution < 1.29 is 17.4 Å². The molecule has 0 N–H and O–H groups in total. The van der Waals surface area contributed by atoms with Crippen LogP contribution >= 0.6 is 0 Å². The Hall–Kier alpha value is -2.54. The van der Waals surface area contributed by atoms with E-state index < -0.39 is 17.4 Å². The van der Waals surface area contributed by atoms with Gasteiger partial charge < -0.3 is 0 Å². The number of hydrogen-bond acceptors (Lipinski definition) is 0. The van der Waals surface area contributed by atoms with Gasteiger partial charge in [0.15, 0.2) is 0 Å². The third kappa shape index (κ3) is 2.63. The van der Waals surface area contributed by atoms with Gasteiger partial charge in [0.05, 0.1) is 0 Å². The SMILES string of the molecule is [SiH2]=[Zr]([c]1ccccc1)([c]1ccccc1)([CH]1C=Cc2ccccc21)[CH]1C=Cc2ccccc21. The van der Waals surface area contributed by atoms with Gasteiger partial charge in [-0.1, -0.05) is 0 Å². The summed E-state index contributed by atoms with van der Waals surface area (Å²) in [6, 6.07) is 41.1. The first kappa shape index (κ1) is 20.1. The maximum atomic E-state index is 2.54. The molecule has 2 aliphatic carbocycles. The predicted molar refractivity (Wildman–Crippen MR) is 137 cm³/mol. The monoisotopic (exact) mass is 504 g/mol. The second-order valence-electron chi connectivity index (χ2n) is 9.29. The Labute approximate surface area is 192 Å². The number of hydrogen-bond donors (Lipinski definition) is 0. The van der Waals surface area contributed by atoms with Gasteiger partial charge in [0.1, 0.15) is 0 Å². The second kappa shape index (κ2) is 7.51. The van der Waals surface area contributed by atoms with E-state index in [0.717, 1.165) is 0 Å². The van der Waals surface area contributed by atoms with E-state index in [9.17, 15) is 0 Å². The molecule has 0 radical (unpaired) electrons. The normalized spacial score (nSPS) is 19.0. The molecule has 154 valence electrons. The summed E-state index contributed by atoms with van der Waals surface area (Å²) in [6.45, 7) is 2.40. The minimum absolute atomic E-state index is 0.413. The van der Waals surface area contributed by atoms with Crippen molar-refractivity contribution in [3.05, 3.63) is 144 Å². The maximum absolute atomic E-state index is 4.14. The predicted octanol–water partition coefficient (Wildman–Crippen LogP) is 5.41. The van der Waals surface area contributed by atoms with E-state index in [0.29, 0.717) is 7.25 Å². The van der Waals surface area contributed by atoms with Crippen LogP contribution in [0.25, 0.3) is 12.2 Å². The van der Waals surface area contributed by atoms with E-state index in [4.69, 9.17) is 0 Å². The fourth-order valence-electron chi connectivity index (χ4n) is 6.39. The van der Waals surface area contributed by atoms with Crippen LogP contribution in [0.4, 0.5) is 0 Å². The van der Waals surface area contributed by atoms with Gasteiger partial charge in [0.25, 0.3) is 0 Å². The molecule has 0 aromatic heterocycles. The summed E-state index contributed by atoms with van der Waals surface area (Å²) < 4.78 is 3.96. The molecule has 0 fully saturated rings. The molecule has 0 saturated carbocycles. The summed E-state index contributed by atoms with van der Waals surface area (Å²) in [4.78, 5) is 0. The van der Waals surface area contributed by atoms with Crippen molar-refractivity contribution in [3.8, 4) is 0 Å². The molecule has 0 spiro atoms. The fourth-order valence-corrected chi connectivity index (χ4v) is 30.9. The Morgan fingerprint density at radius 3 is 1.28 bits per heavy atom. The van der Waals surface area contributed by atoms with E-state index in [2.05, 4.69) is 140 Å². The average molecular weight is 506 g/mol. The summed E-state index contributed by atoms with van der Waals surface area (Å²) in [5.41, 5.74) is 5.76. The van der Waals surface area contributed by atoms with Gasteiger partial charge in [-0.3, -0.25) is 0 Å². The van der Waals surface area contributed by atoms with Crippen molar-refractivity contribution in [3.63, 3.8) is 0 Å². The van der Waals surface area contributed by atoms with E-state index in [1.165, 1.54) is 22.3 Å². The molecule has 2 aliphatic rings. The van der Waals surface area contributed by atoms with Crippen LogP contribution in [0, 0.1) is 0 Å². The van der Waals surface area contributed by atoms with Crippen molar-refractivity contribution in [2.24, 2.45) is 0 Å². The van der Waals surface area contributed by atoms with Crippen molar-refractivity contribution in [1.29, 1.82) is 0 Å². The van der Waals surface area contributed by atoms with Crippen molar-refractivity contribution in [1.82, 2.24) is 0 Å². The van der Waals surface area contributed by atoms with Gasteiger partial charge in [0.2, 0.25) is 0 Å². The van der Waals surface area contributed by atoms with Crippen molar-refractivity contribution in [2.45, 2.75) is 7.25 Å². The van der Waals surface area contributed by atoms with Crippen LogP contribution in [0.1, 0.15) is 29.5 Å². The molecular formula is C30H26SiZr. The van der Waals surface area contributed by atoms with Crippen LogP contribution in [-0.4, -0.2) is 6.88 Å². The van der Waals surface area contributed by atoms with E-state index >= 15 is 0 Å². The molecule has 2 atom stereocenters. The molecule has 32 heavy (non-hydrogen) atoms. The summed E-state index contributed by atoms with van der Waals surface area (Å²) in [5, 5.41) is 0. The molecule has 6 rings (SSSR count). The summed E-state index contributed by atoms with van der Waals surface area (Å²) in [6.07, 6.45) is 9.82. The summed E-state index contributed by atoms with van der Waals surface area (Å²) >= 11 is -4.14. The molecule has 0 aliphatic heterocycles. The zero-order chi connectivity index (χ0) is 21.6. The molecule has 0 nitrogen and oxygen atoms in total. The molecule has 2 unspecified atom stereocenters. The Balaban J connectivity index is 1.78. The topological polar surface area (TPSA) is 0 Å². The Morgan fingerprint density at radius 1 is 0.469 bits per heavy atom. The Morgan fingerprint density at radius 2 is 0.844 bits per heavy atom. The number of fused-ring (bicyclic) bond motifs is 2. The van der Waals surface area contributed by atoms with Crippen LogP contribution < -0.4 is 6.54 Å². The third-order valence-corrected chi connectivity index (χ3v) is 35.8. The minimum atomic E-state index is -4.14. The molecule has 0 heterocycles. The standard InChI is InChI=1S/2C9H7.2C6H5.H2Si.Zr/c2*1-2-5-9-7-3-6-8(9)4-1;2*1-2-4-6-5-3-1;;/h2*1-7H;2*1-5H;1H2;. The van der Waals surface area contributed by atoms with Crippen LogP contribution in [0.15, 0.2) is 121 Å². The van der Waals surface area contributed by atoms with Gasteiger partial charge in [-0.05, 0) is 0 Å². The number of benzene rings is 4. The molecule has 0 saturated heterocycles. The molecule has 2 heteroatoms. The van der Waals surface area contributed by atoms with Gasteiger partial charge in [-0.2, -0.15) is 0 Å². The zero-order valence-corrected chi connectivity index (χ0v) is 21.9.